The van der Waals surface area contributed by atoms with Crippen molar-refractivity contribution in [3.8, 4) is 0 Å². The van der Waals surface area contributed by atoms with Gasteiger partial charge in [-0.1, -0.05) is 6.92 Å². The summed E-state index contributed by atoms with van der Waals surface area (Å²) < 4.78 is 6.32. The molecule has 5 heteroatoms. The van der Waals surface area contributed by atoms with E-state index in [0.717, 1.165) is 41.1 Å². The number of rotatable bonds is 2. The molecule has 0 radical (unpaired) electrons. The highest BCUT2D eigenvalue weighted by molar-refractivity contribution is 14.1. The van der Waals surface area contributed by atoms with Crippen LogP contribution in [0.2, 0.25) is 0 Å². The van der Waals surface area contributed by atoms with Gasteiger partial charge in [0.25, 0.3) is 0 Å². The molecule has 0 spiro atoms. The van der Waals surface area contributed by atoms with Crippen LogP contribution in [0.5, 0.6) is 0 Å². The van der Waals surface area contributed by atoms with Crippen LogP contribution in [0, 0.1) is 3.57 Å². The van der Waals surface area contributed by atoms with Gasteiger partial charge >= 0.3 is 0 Å². The average molecular weight is 319 g/mol. The number of anilines is 1. The number of hydrogen-bond acceptors (Lipinski definition) is 4. The molecule has 1 atom stereocenters. The minimum absolute atomic E-state index is 0.328. The van der Waals surface area contributed by atoms with E-state index in [4.69, 9.17) is 10.5 Å². The van der Waals surface area contributed by atoms with E-state index in [9.17, 15) is 0 Å². The second-order valence-electron chi connectivity index (χ2n) is 3.64. The van der Waals surface area contributed by atoms with E-state index in [1.54, 1.807) is 0 Å². The third kappa shape index (κ3) is 2.23. The fraction of sp³-hybridized carbons (Fsp3) is 0.600. The number of hydrogen-bond donors (Lipinski definition) is 1. The van der Waals surface area contributed by atoms with Crippen molar-refractivity contribution in [1.29, 1.82) is 0 Å². The zero-order valence-electron chi connectivity index (χ0n) is 8.66. The summed E-state index contributed by atoms with van der Waals surface area (Å²) in [4.78, 5) is 8.90. The van der Waals surface area contributed by atoms with Gasteiger partial charge in [0.05, 0.1) is 15.9 Å². The zero-order chi connectivity index (χ0) is 10.8. The van der Waals surface area contributed by atoms with Crippen LogP contribution in [-0.4, -0.2) is 23.2 Å². The monoisotopic (exact) mass is 319 g/mol. The number of nitrogens with zero attached hydrogens (tertiary/aromatic N) is 2. The fourth-order valence-corrected chi connectivity index (χ4v) is 2.31. The van der Waals surface area contributed by atoms with Gasteiger partial charge in [-0.3, -0.25) is 0 Å². The molecule has 0 aromatic carbocycles. The van der Waals surface area contributed by atoms with E-state index < -0.39 is 0 Å². The van der Waals surface area contributed by atoms with Gasteiger partial charge in [0.15, 0.2) is 0 Å². The molecule has 1 aliphatic heterocycles. The van der Waals surface area contributed by atoms with E-state index in [2.05, 4.69) is 39.5 Å². The van der Waals surface area contributed by atoms with Crippen LogP contribution in [0.15, 0.2) is 0 Å². The molecule has 2 heterocycles. The average Bonchev–Trinajstić information content (AvgIpc) is 2.75. The van der Waals surface area contributed by atoms with E-state index in [1.807, 2.05) is 0 Å². The zero-order valence-corrected chi connectivity index (χ0v) is 10.8. The molecule has 1 aliphatic rings. The summed E-state index contributed by atoms with van der Waals surface area (Å²) in [6.45, 7) is 3.61. The molecule has 2 rings (SSSR count). The third-order valence-corrected chi connectivity index (χ3v) is 3.77. The lowest BCUT2D eigenvalue weighted by Gasteiger charge is -2.10. The van der Waals surface area contributed by atoms with Gasteiger partial charge in [-0.05, 0) is 35.4 Å². The molecule has 0 amide bonds. The number of ether oxygens (including phenoxy) is 1. The Bertz CT molecular complexity index is 364. The highest BCUT2D eigenvalue weighted by Gasteiger charge is 2.22. The Labute approximate surface area is 103 Å². The minimum Gasteiger partial charge on any atom is -0.383 e. The summed E-state index contributed by atoms with van der Waals surface area (Å²) in [6.07, 6.45) is 1.90. The first-order valence-electron chi connectivity index (χ1n) is 5.12. The van der Waals surface area contributed by atoms with Gasteiger partial charge in [0, 0.05) is 12.5 Å². The van der Waals surface area contributed by atoms with Crippen LogP contribution in [0.25, 0.3) is 0 Å². The molecule has 1 saturated heterocycles. The van der Waals surface area contributed by atoms with Crippen molar-refractivity contribution >= 4 is 28.4 Å². The lowest BCUT2D eigenvalue weighted by atomic mass is 10.1. The quantitative estimate of drug-likeness (QED) is 0.844. The van der Waals surface area contributed by atoms with E-state index in [-0.39, 0.29) is 0 Å². The predicted octanol–water partition coefficient (Wildman–Crippen LogP) is 1.73. The lowest BCUT2D eigenvalue weighted by Crippen LogP contribution is -2.11. The summed E-state index contributed by atoms with van der Waals surface area (Å²) in [6, 6.07) is 0. The molecule has 4 nitrogen and oxygen atoms in total. The summed E-state index contributed by atoms with van der Waals surface area (Å²) in [7, 11) is 0. The van der Waals surface area contributed by atoms with E-state index in [1.165, 1.54) is 0 Å². The highest BCUT2D eigenvalue weighted by atomic mass is 127. The highest BCUT2D eigenvalue weighted by Crippen LogP contribution is 2.25. The Morgan fingerprint density at radius 2 is 2.33 bits per heavy atom. The Morgan fingerprint density at radius 1 is 1.53 bits per heavy atom. The maximum absolute atomic E-state index is 5.87. The molecule has 2 N–H and O–H groups in total. The second kappa shape index (κ2) is 4.61. The van der Waals surface area contributed by atoms with Crippen LogP contribution >= 0.6 is 22.6 Å². The number of nitrogen functional groups attached to an aromatic ring is 1. The molecular weight excluding hydrogens is 305 g/mol. The van der Waals surface area contributed by atoms with Crippen LogP contribution in [0.3, 0.4) is 0 Å². The predicted molar refractivity (Wildman–Crippen MR) is 66.7 cm³/mol. The summed E-state index contributed by atoms with van der Waals surface area (Å²) >= 11 is 2.20. The first-order valence-corrected chi connectivity index (χ1v) is 6.19. The van der Waals surface area contributed by atoms with Crippen molar-refractivity contribution in [2.24, 2.45) is 0 Å². The van der Waals surface area contributed by atoms with Crippen LogP contribution in [0.4, 0.5) is 5.82 Å². The van der Waals surface area contributed by atoms with E-state index >= 15 is 0 Å². The standard InChI is InChI=1S/C10H14IN3O/c1-2-7-8(11)9(12)14-10(13-7)6-3-4-15-5-6/h6H,2-5H2,1H3,(H2,12,13,14). The molecule has 0 saturated carbocycles. The number of halogens is 1. The number of aromatic nitrogens is 2. The molecule has 0 bridgehead atoms. The maximum atomic E-state index is 5.87. The number of aryl methyl sites for hydroxylation is 1. The first kappa shape index (κ1) is 11.1. The summed E-state index contributed by atoms with van der Waals surface area (Å²) in [5.74, 6) is 1.78. The fourth-order valence-electron chi connectivity index (χ4n) is 1.69. The molecule has 1 unspecified atom stereocenters. The topological polar surface area (TPSA) is 61.0 Å². The number of nitrogens with two attached hydrogens (primary N) is 1. The van der Waals surface area contributed by atoms with Gasteiger partial charge in [-0.2, -0.15) is 0 Å². The van der Waals surface area contributed by atoms with Crippen LogP contribution in [0.1, 0.15) is 30.8 Å². The van der Waals surface area contributed by atoms with Gasteiger partial charge in [-0.25, -0.2) is 9.97 Å². The Morgan fingerprint density at radius 3 is 2.93 bits per heavy atom. The Hall–Kier alpha value is -0.430. The third-order valence-electron chi connectivity index (χ3n) is 2.59. The van der Waals surface area contributed by atoms with Crippen molar-refractivity contribution in [1.82, 2.24) is 9.97 Å². The van der Waals surface area contributed by atoms with Crippen LogP contribution in [-0.2, 0) is 11.2 Å². The SMILES string of the molecule is CCc1nc(C2CCOC2)nc(N)c1I. The largest absolute Gasteiger partial charge is 0.383 e. The van der Waals surface area contributed by atoms with Crippen LogP contribution < -0.4 is 5.73 Å². The normalized spacial score (nSPS) is 20.8. The minimum atomic E-state index is 0.328. The van der Waals surface area contributed by atoms with Crippen molar-refractivity contribution in [3.63, 3.8) is 0 Å². The molecule has 1 aromatic rings. The van der Waals surface area contributed by atoms with Gasteiger partial charge in [0.1, 0.15) is 11.6 Å². The first-order chi connectivity index (χ1) is 7.22. The smallest absolute Gasteiger partial charge is 0.140 e. The van der Waals surface area contributed by atoms with Crippen molar-refractivity contribution in [2.75, 3.05) is 18.9 Å². The summed E-state index contributed by atoms with van der Waals surface area (Å²) in [5.41, 5.74) is 6.91. The molecule has 1 fully saturated rings. The molecule has 1 aromatic heterocycles. The van der Waals surface area contributed by atoms with Crippen molar-refractivity contribution < 1.29 is 4.74 Å². The second-order valence-corrected chi connectivity index (χ2v) is 4.72. The van der Waals surface area contributed by atoms with Crippen molar-refractivity contribution in [3.05, 3.63) is 15.1 Å². The van der Waals surface area contributed by atoms with Gasteiger partial charge in [-0.15, -0.1) is 0 Å². The van der Waals surface area contributed by atoms with E-state index in [0.29, 0.717) is 11.7 Å². The molecule has 0 aliphatic carbocycles. The lowest BCUT2D eigenvalue weighted by molar-refractivity contribution is 0.193. The maximum Gasteiger partial charge on any atom is 0.140 e. The molecular formula is C10H14IN3O. The van der Waals surface area contributed by atoms with Gasteiger partial charge in [0.2, 0.25) is 0 Å². The summed E-state index contributed by atoms with van der Waals surface area (Å²) in [5, 5.41) is 0. The molecule has 15 heavy (non-hydrogen) atoms. The van der Waals surface area contributed by atoms with Gasteiger partial charge < -0.3 is 10.5 Å². The Kier molecular flexibility index (Phi) is 3.40. The van der Waals surface area contributed by atoms with Crippen molar-refractivity contribution in [2.45, 2.75) is 25.7 Å². The molecule has 82 valence electrons. The Balaban J connectivity index is 2.35.